The molecule has 7 heteroatoms. The van der Waals surface area contributed by atoms with Gasteiger partial charge in [0.15, 0.2) is 0 Å². The first-order chi connectivity index (χ1) is 8.47. The lowest BCUT2D eigenvalue weighted by molar-refractivity contribution is 0.134. The Labute approximate surface area is 111 Å². The molecule has 0 saturated heterocycles. The van der Waals surface area contributed by atoms with Crippen molar-refractivity contribution in [3.05, 3.63) is 11.4 Å². The van der Waals surface area contributed by atoms with Crippen molar-refractivity contribution in [2.24, 2.45) is 5.41 Å². The maximum Gasteiger partial charge on any atom is 0.250 e. The number of nitrogen functional groups attached to an aromatic ring is 1. The molecule has 1 heterocycles. The SMILES string of the molecule is Nc1csc(S(=O)(=O)NCC2(CO)CCCC2)c1. The number of hydrogen-bond donors (Lipinski definition) is 3. The van der Waals surface area contributed by atoms with Crippen molar-refractivity contribution in [1.82, 2.24) is 4.72 Å². The number of rotatable bonds is 5. The van der Waals surface area contributed by atoms with Crippen molar-refractivity contribution in [1.29, 1.82) is 0 Å². The second kappa shape index (κ2) is 5.16. The third-order valence-corrected chi connectivity index (χ3v) is 6.36. The average Bonchev–Trinajstić information content (AvgIpc) is 2.96. The molecule has 0 aliphatic heterocycles. The van der Waals surface area contributed by atoms with Crippen LogP contribution in [0.1, 0.15) is 25.7 Å². The van der Waals surface area contributed by atoms with E-state index in [0.29, 0.717) is 12.2 Å². The van der Waals surface area contributed by atoms with Crippen LogP contribution in [0.5, 0.6) is 0 Å². The number of nitrogens with two attached hydrogens (primary N) is 1. The Kier molecular flexibility index (Phi) is 3.96. The molecule has 0 aromatic carbocycles. The van der Waals surface area contributed by atoms with Crippen molar-refractivity contribution < 1.29 is 13.5 Å². The molecule has 1 aromatic rings. The van der Waals surface area contributed by atoms with Gasteiger partial charge in [-0.15, -0.1) is 11.3 Å². The molecule has 0 amide bonds. The zero-order valence-corrected chi connectivity index (χ0v) is 11.7. The topological polar surface area (TPSA) is 92.4 Å². The van der Waals surface area contributed by atoms with Gasteiger partial charge in [0.25, 0.3) is 0 Å². The van der Waals surface area contributed by atoms with E-state index < -0.39 is 10.0 Å². The van der Waals surface area contributed by atoms with E-state index in [-0.39, 0.29) is 16.2 Å². The zero-order valence-electron chi connectivity index (χ0n) is 10.1. The highest BCUT2D eigenvalue weighted by molar-refractivity contribution is 7.91. The number of aliphatic hydroxyl groups excluding tert-OH is 1. The molecule has 18 heavy (non-hydrogen) atoms. The van der Waals surface area contributed by atoms with Crippen molar-refractivity contribution >= 4 is 27.0 Å². The van der Waals surface area contributed by atoms with Crippen LogP contribution in [0, 0.1) is 5.41 Å². The third kappa shape index (κ3) is 2.85. The van der Waals surface area contributed by atoms with E-state index in [1.54, 1.807) is 5.38 Å². The highest BCUT2D eigenvalue weighted by Gasteiger charge is 2.34. The fraction of sp³-hybridized carbons (Fsp3) is 0.636. The van der Waals surface area contributed by atoms with Gasteiger partial charge in [-0.1, -0.05) is 12.8 Å². The smallest absolute Gasteiger partial charge is 0.250 e. The molecule has 1 saturated carbocycles. The summed E-state index contributed by atoms with van der Waals surface area (Å²) in [6.07, 6.45) is 3.85. The van der Waals surface area contributed by atoms with Gasteiger partial charge in [0.2, 0.25) is 10.0 Å². The fourth-order valence-corrected chi connectivity index (χ4v) is 4.59. The molecule has 0 atom stereocenters. The maximum atomic E-state index is 12.0. The van der Waals surface area contributed by atoms with Crippen LogP contribution in [0.15, 0.2) is 15.7 Å². The molecule has 0 radical (unpaired) electrons. The summed E-state index contributed by atoms with van der Waals surface area (Å²) in [4.78, 5) is 0. The van der Waals surface area contributed by atoms with Crippen molar-refractivity contribution in [3.63, 3.8) is 0 Å². The van der Waals surface area contributed by atoms with Crippen molar-refractivity contribution in [2.75, 3.05) is 18.9 Å². The Balaban J connectivity index is 2.05. The number of aliphatic hydroxyl groups is 1. The molecular formula is C11H18N2O3S2. The first-order valence-electron chi connectivity index (χ1n) is 5.92. The first kappa shape index (κ1) is 13.8. The van der Waals surface area contributed by atoms with Crippen LogP contribution >= 0.6 is 11.3 Å². The molecule has 1 aromatic heterocycles. The van der Waals surface area contributed by atoms with E-state index in [9.17, 15) is 13.5 Å². The fourth-order valence-electron chi connectivity index (χ4n) is 2.31. The van der Waals surface area contributed by atoms with Gasteiger partial charge in [0.1, 0.15) is 4.21 Å². The summed E-state index contributed by atoms with van der Waals surface area (Å²) in [6, 6.07) is 1.45. The maximum absolute atomic E-state index is 12.0. The molecule has 1 aliphatic carbocycles. The summed E-state index contributed by atoms with van der Waals surface area (Å²) < 4.78 is 26.9. The zero-order chi connectivity index (χ0) is 13.2. The van der Waals surface area contributed by atoms with Crippen LogP contribution in [0.25, 0.3) is 0 Å². The van der Waals surface area contributed by atoms with Crippen LogP contribution in [0.3, 0.4) is 0 Å². The van der Waals surface area contributed by atoms with E-state index in [2.05, 4.69) is 4.72 Å². The Morgan fingerprint density at radius 1 is 1.44 bits per heavy atom. The largest absolute Gasteiger partial charge is 0.398 e. The average molecular weight is 290 g/mol. The van der Waals surface area contributed by atoms with E-state index in [0.717, 1.165) is 37.0 Å². The lowest BCUT2D eigenvalue weighted by atomic mass is 9.88. The van der Waals surface area contributed by atoms with Gasteiger partial charge in [-0.3, -0.25) is 0 Å². The molecule has 5 nitrogen and oxygen atoms in total. The molecule has 1 aliphatic rings. The van der Waals surface area contributed by atoms with E-state index in [1.807, 2.05) is 0 Å². The highest BCUT2D eigenvalue weighted by Crippen LogP contribution is 2.37. The molecule has 0 bridgehead atoms. The molecule has 102 valence electrons. The number of sulfonamides is 1. The van der Waals surface area contributed by atoms with Gasteiger partial charge < -0.3 is 10.8 Å². The summed E-state index contributed by atoms with van der Waals surface area (Å²) in [5.74, 6) is 0. The molecule has 4 N–H and O–H groups in total. The molecule has 0 spiro atoms. The number of nitrogens with one attached hydrogen (secondary N) is 1. The predicted octanol–water partition coefficient (Wildman–Crippen LogP) is 1.16. The second-order valence-corrected chi connectivity index (χ2v) is 7.79. The lowest BCUT2D eigenvalue weighted by Gasteiger charge is -2.26. The van der Waals surface area contributed by atoms with Gasteiger partial charge in [0.05, 0.1) is 0 Å². The lowest BCUT2D eigenvalue weighted by Crippen LogP contribution is -2.38. The quantitative estimate of drug-likeness (QED) is 0.758. The Hall–Kier alpha value is -0.630. The monoisotopic (exact) mass is 290 g/mol. The molecule has 0 unspecified atom stereocenters. The molecular weight excluding hydrogens is 272 g/mol. The summed E-state index contributed by atoms with van der Waals surface area (Å²) in [7, 11) is -3.50. The summed E-state index contributed by atoms with van der Waals surface area (Å²) in [5, 5.41) is 11.0. The van der Waals surface area contributed by atoms with Crippen molar-refractivity contribution in [3.8, 4) is 0 Å². The van der Waals surface area contributed by atoms with Crippen LogP contribution in [-0.2, 0) is 10.0 Å². The van der Waals surface area contributed by atoms with Gasteiger partial charge in [-0.2, -0.15) is 0 Å². The summed E-state index contributed by atoms with van der Waals surface area (Å²) >= 11 is 1.11. The summed E-state index contributed by atoms with van der Waals surface area (Å²) in [6.45, 7) is 0.325. The number of hydrogen-bond acceptors (Lipinski definition) is 5. The van der Waals surface area contributed by atoms with Gasteiger partial charge in [-0.25, -0.2) is 13.1 Å². The predicted molar refractivity (Wildman–Crippen MR) is 71.9 cm³/mol. The van der Waals surface area contributed by atoms with E-state index in [1.165, 1.54) is 6.07 Å². The minimum atomic E-state index is -3.50. The second-order valence-electron chi connectivity index (χ2n) is 4.89. The summed E-state index contributed by atoms with van der Waals surface area (Å²) in [5.41, 5.74) is 5.70. The van der Waals surface area contributed by atoms with Gasteiger partial charge in [0, 0.05) is 29.6 Å². The minimum Gasteiger partial charge on any atom is -0.398 e. The Morgan fingerprint density at radius 3 is 2.61 bits per heavy atom. The third-order valence-electron chi connectivity index (χ3n) is 3.50. The van der Waals surface area contributed by atoms with Crippen molar-refractivity contribution in [2.45, 2.75) is 29.9 Å². The van der Waals surface area contributed by atoms with E-state index in [4.69, 9.17) is 5.73 Å². The first-order valence-corrected chi connectivity index (χ1v) is 8.28. The minimum absolute atomic E-state index is 0.0299. The number of anilines is 1. The van der Waals surface area contributed by atoms with Gasteiger partial charge in [-0.05, 0) is 18.9 Å². The number of thiophene rings is 1. The van der Waals surface area contributed by atoms with Crippen LogP contribution in [-0.4, -0.2) is 26.7 Å². The van der Waals surface area contributed by atoms with Crippen LogP contribution in [0.4, 0.5) is 5.69 Å². The normalized spacial score (nSPS) is 19.2. The van der Waals surface area contributed by atoms with Crippen LogP contribution in [0.2, 0.25) is 0 Å². The van der Waals surface area contributed by atoms with Crippen LogP contribution < -0.4 is 10.5 Å². The highest BCUT2D eigenvalue weighted by atomic mass is 32.2. The standard InChI is InChI=1S/C11H18N2O3S2/c12-9-5-10(17-6-9)18(15,16)13-7-11(8-14)3-1-2-4-11/h5-6,13-14H,1-4,7-8,12H2. The molecule has 1 fully saturated rings. The Morgan fingerprint density at radius 2 is 2.11 bits per heavy atom. The molecule has 2 rings (SSSR count). The Bertz CT molecular complexity index is 504. The van der Waals surface area contributed by atoms with Gasteiger partial charge >= 0.3 is 0 Å². The van der Waals surface area contributed by atoms with E-state index >= 15 is 0 Å².